The Morgan fingerprint density at radius 3 is 2.51 bits per heavy atom. The Labute approximate surface area is 256 Å². The quantitative estimate of drug-likeness (QED) is 0.269. The third-order valence-corrected chi connectivity index (χ3v) is 7.93. The molecule has 228 valence electrons. The van der Waals surface area contributed by atoms with Gasteiger partial charge in [-0.2, -0.15) is 5.26 Å². The normalized spacial score (nSPS) is 17.4. The zero-order valence-corrected chi connectivity index (χ0v) is 24.2. The summed E-state index contributed by atoms with van der Waals surface area (Å²) in [6.45, 7) is 5.41. The fourth-order valence-corrected chi connectivity index (χ4v) is 5.48. The van der Waals surface area contributed by atoms with Gasteiger partial charge in [0.05, 0.1) is 49.9 Å². The van der Waals surface area contributed by atoms with Gasteiger partial charge in [0.15, 0.2) is 5.65 Å². The van der Waals surface area contributed by atoms with Crippen LogP contribution in [0.15, 0.2) is 55.0 Å². The first-order valence-corrected chi connectivity index (χ1v) is 14.6. The van der Waals surface area contributed by atoms with Crippen molar-refractivity contribution < 1.29 is 18.3 Å². The number of rotatable bonds is 7. The molecule has 5 aromatic rings. The van der Waals surface area contributed by atoms with Crippen molar-refractivity contribution in [3.8, 4) is 28.5 Å². The number of fused-ring (bicyclic) bond motifs is 1. The van der Waals surface area contributed by atoms with Crippen molar-refractivity contribution in [3.05, 3.63) is 77.8 Å². The van der Waals surface area contributed by atoms with E-state index in [9.17, 15) is 14.0 Å². The van der Waals surface area contributed by atoms with E-state index in [0.29, 0.717) is 85.6 Å². The molecular weight excluding hydrogens is 582 g/mol. The SMILES string of the molecule is N#Cc1cc(-c2cnc3nnn(CC4CN(c5ncc(-c6ccc(CN7CCOCC7)c(F)c6)cn5)CCO4)c3n2)ccc1F. The number of anilines is 1. The van der Waals surface area contributed by atoms with Crippen LogP contribution in [0.1, 0.15) is 11.1 Å². The van der Waals surface area contributed by atoms with Gasteiger partial charge in [0.2, 0.25) is 11.6 Å². The molecule has 2 aromatic carbocycles. The van der Waals surface area contributed by atoms with Crippen LogP contribution in [0.4, 0.5) is 14.7 Å². The molecule has 5 heterocycles. The van der Waals surface area contributed by atoms with Gasteiger partial charge >= 0.3 is 0 Å². The smallest absolute Gasteiger partial charge is 0.225 e. The monoisotopic (exact) mass is 610 g/mol. The van der Waals surface area contributed by atoms with E-state index in [0.717, 1.165) is 18.7 Å². The van der Waals surface area contributed by atoms with Crippen LogP contribution < -0.4 is 4.90 Å². The highest BCUT2D eigenvalue weighted by atomic mass is 19.1. The topological polar surface area (TPSA) is 131 Å². The maximum atomic E-state index is 14.9. The highest BCUT2D eigenvalue weighted by molar-refractivity contribution is 5.70. The van der Waals surface area contributed by atoms with Gasteiger partial charge in [-0.3, -0.25) is 4.90 Å². The average Bonchev–Trinajstić information content (AvgIpc) is 3.48. The molecule has 1 atom stereocenters. The molecule has 0 amide bonds. The Kier molecular flexibility index (Phi) is 8.04. The van der Waals surface area contributed by atoms with E-state index < -0.39 is 5.82 Å². The van der Waals surface area contributed by atoms with Gasteiger partial charge in [-0.25, -0.2) is 33.4 Å². The predicted octanol–water partition coefficient (Wildman–Crippen LogP) is 3.23. The van der Waals surface area contributed by atoms with E-state index in [-0.39, 0.29) is 17.5 Å². The number of ether oxygens (including phenoxy) is 2. The van der Waals surface area contributed by atoms with Crippen LogP contribution in [0.2, 0.25) is 0 Å². The lowest BCUT2D eigenvalue weighted by Crippen LogP contribution is -2.45. The minimum atomic E-state index is -0.595. The third-order valence-electron chi connectivity index (χ3n) is 7.93. The summed E-state index contributed by atoms with van der Waals surface area (Å²) in [4.78, 5) is 22.4. The summed E-state index contributed by atoms with van der Waals surface area (Å²) >= 11 is 0. The first-order valence-electron chi connectivity index (χ1n) is 14.6. The fourth-order valence-electron chi connectivity index (χ4n) is 5.48. The van der Waals surface area contributed by atoms with Crippen LogP contribution in [-0.4, -0.2) is 91.9 Å². The van der Waals surface area contributed by atoms with Crippen molar-refractivity contribution in [1.29, 1.82) is 5.26 Å². The van der Waals surface area contributed by atoms with Crippen molar-refractivity contribution in [2.75, 3.05) is 50.9 Å². The minimum absolute atomic E-state index is 0.0727. The van der Waals surface area contributed by atoms with Gasteiger partial charge < -0.3 is 14.4 Å². The number of hydrogen-bond donors (Lipinski definition) is 0. The Balaban J connectivity index is 1.03. The van der Waals surface area contributed by atoms with Crippen molar-refractivity contribution in [1.82, 2.24) is 39.8 Å². The zero-order chi connectivity index (χ0) is 30.8. The number of aromatic nitrogens is 7. The maximum Gasteiger partial charge on any atom is 0.225 e. The van der Waals surface area contributed by atoms with E-state index in [1.54, 1.807) is 23.1 Å². The van der Waals surface area contributed by atoms with E-state index in [2.05, 4.69) is 35.1 Å². The first kappa shape index (κ1) is 28.8. The number of hydrogen-bond acceptors (Lipinski definition) is 11. The van der Waals surface area contributed by atoms with Crippen LogP contribution in [0.5, 0.6) is 0 Å². The van der Waals surface area contributed by atoms with Gasteiger partial charge in [0.1, 0.15) is 17.7 Å². The van der Waals surface area contributed by atoms with Gasteiger partial charge in [-0.15, -0.1) is 5.10 Å². The molecule has 0 N–H and O–H groups in total. The minimum Gasteiger partial charge on any atom is -0.379 e. The standard InChI is InChI=1S/C31H28F2N10O2/c32-26-4-3-21(11-23(26)13-34)28-16-35-29-30(38-28)43(40-39-29)19-25-18-42(7-10-45-25)31-36-14-24(15-37-31)20-1-2-22(27(33)12-20)17-41-5-8-44-9-6-41/h1-4,11-12,14-16,25H,5-10,17-19H2. The average molecular weight is 611 g/mol. The summed E-state index contributed by atoms with van der Waals surface area (Å²) in [5, 5.41) is 17.5. The summed E-state index contributed by atoms with van der Waals surface area (Å²) in [5.41, 5.74) is 3.86. The van der Waals surface area contributed by atoms with Gasteiger partial charge in [-0.1, -0.05) is 17.3 Å². The Hall–Kier alpha value is -4.97. The lowest BCUT2D eigenvalue weighted by molar-refractivity contribution is 0.0273. The molecule has 0 spiro atoms. The molecule has 0 bridgehead atoms. The van der Waals surface area contributed by atoms with Crippen LogP contribution in [0.25, 0.3) is 33.7 Å². The van der Waals surface area contributed by atoms with E-state index in [4.69, 9.17) is 9.47 Å². The second-order valence-corrected chi connectivity index (χ2v) is 10.9. The summed E-state index contributed by atoms with van der Waals surface area (Å²) in [6.07, 6.45) is 4.67. The third kappa shape index (κ3) is 6.18. The number of morpholine rings is 2. The molecule has 2 aliphatic rings. The summed E-state index contributed by atoms with van der Waals surface area (Å²) < 4.78 is 41.8. The molecule has 2 aliphatic heterocycles. The molecular formula is C31H28F2N10O2. The van der Waals surface area contributed by atoms with Crippen molar-refractivity contribution in [3.63, 3.8) is 0 Å². The molecule has 14 heteroatoms. The van der Waals surface area contributed by atoms with E-state index in [1.165, 1.54) is 24.4 Å². The molecule has 0 radical (unpaired) electrons. The Morgan fingerprint density at radius 2 is 1.71 bits per heavy atom. The lowest BCUT2D eigenvalue weighted by Gasteiger charge is -2.32. The summed E-state index contributed by atoms with van der Waals surface area (Å²) in [5.74, 6) is -0.296. The highest BCUT2D eigenvalue weighted by Crippen LogP contribution is 2.25. The first-order chi connectivity index (χ1) is 22.0. The van der Waals surface area contributed by atoms with Crippen LogP contribution >= 0.6 is 0 Å². The van der Waals surface area contributed by atoms with Crippen LogP contribution in [0, 0.1) is 23.0 Å². The second-order valence-electron chi connectivity index (χ2n) is 10.9. The zero-order valence-electron chi connectivity index (χ0n) is 24.2. The Bertz CT molecular complexity index is 1870. The number of halogens is 2. The molecule has 0 aliphatic carbocycles. The molecule has 0 saturated carbocycles. The number of nitrogens with zero attached hydrogens (tertiary/aromatic N) is 10. The van der Waals surface area contributed by atoms with E-state index in [1.807, 2.05) is 23.1 Å². The van der Waals surface area contributed by atoms with Crippen molar-refractivity contribution >= 4 is 17.2 Å². The molecule has 1 unspecified atom stereocenters. The maximum absolute atomic E-state index is 14.9. The molecule has 2 fully saturated rings. The fraction of sp³-hybridized carbons (Fsp3) is 0.323. The van der Waals surface area contributed by atoms with E-state index >= 15 is 0 Å². The molecule has 7 rings (SSSR count). The van der Waals surface area contributed by atoms with Crippen molar-refractivity contribution in [2.24, 2.45) is 0 Å². The van der Waals surface area contributed by atoms with Gasteiger partial charge in [0.25, 0.3) is 0 Å². The summed E-state index contributed by atoms with van der Waals surface area (Å²) in [6, 6.07) is 11.3. The summed E-state index contributed by atoms with van der Waals surface area (Å²) in [7, 11) is 0. The lowest BCUT2D eigenvalue weighted by atomic mass is 10.1. The largest absolute Gasteiger partial charge is 0.379 e. The molecule has 2 saturated heterocycles. The van der Waals surface area contributed by atoms with Gasteiger partial charge in [-0.05, 0) is 29.8 Å². The van der Waals surface area contributed by atoms with Gasteiger partial charge in [0, 0.05) is 61.8 Å². The highest BCUT2D eigenvalue weighted by Gasteiger charge is 2.25. The molecule has 45 heavy (non-hydrogen) atoms. The van der Waals surface area contributed by atoms with Crippen LogP contribution in [0.3, 0.4) is 0 Å². The Morgan fingerprint density at radius 1 is 0.889 bits per heavy atom. The second kappa shape index (κ2) is 12.6. The number of nitriles is 1. The predicted molar refractivity (Wildman–Crippen MR) is 159 cm³/mol. The van der Waals surface area contributed by atoms with Crippen LogP contribution in [-0.2, 0) is 22.6 Å². The molecule has 3 aromatic heterocycles. The molecule has 12 nitrogen and oxygen atoms in total. The van der Waals surface area contributed by atoms with Crippen molar-refractivity contribution in [2.45, 2.75) is 19.2 Å². The number of benzene rings is 2.